The van der Waals surface area contributed by atoms with Gasteiger partial charge in [0.15, 0.2) is 5.78 Å². The lowest BCUT2D eigenvalue weighted by Crippen LogP contribution is -2.25. The number of halogens is 1. The number of carbonyl (C=O) groups excluding carboxylic acids is 3. The summed E-state index contributed by atoms with van der Waals surface area (Å²) in [6.07, 6.45) is 2.13. The first kappa shape index (κ1) is 26.6. The van der Waals surface area contributed by atoms with Crippen molar-refractivity contribution in [2.45, 2.75) is 54.5 Å². The predicted octanol–water partition coefficient (Wildman–Crippen LogP) is 3.25. The molecule has 9 nitrogen and oxygen atoms in total. The molecule has 0 aliphatic rings. The van der Waals surface area contributed by atoms with Crippen LogP contribution in [-0.4, -0.2) is 37.2 Å². The Morgan fingerprint density at radius 1 is 1.21 bits per heavy atom. The number of primary amides is 1. The molecule has 1 atom stereocenters. The molecule has 0 bridgehead atoms. The average molecular weight is 471 g/mol. The Kier molecular flexibility index (Phi) is 8.56. The number of carbonyl (C=O) groups is 3. The van der Waals surface area contributed by atoms with Crippen LogP contribution < -0.4 is 11.1 Å². The Balaban J connectivity index is 0.000000347. The standard InChI is InChI=1S/C16H14FN5O2.C8H17NO/c1-9-5-11(3-4-12(9)17)7-18-15(24)13-6-14(10(2)23)22-16(21-13)19-8-20-22;1-6(7(9)10)5-8(2,3)4/h3-6,8H,7H2,1-2H3,(H,18,24);6H,5H2,1-4H3,(H2,9,10)/t;6-/m.1/s1. The van der Waals surface area contributed by atoms with E-state index < -0.39 is 5.91 Å². The fourth-order valence-corrected chi connectivity index (χ4v) is 3.29. The molecule has 2 amide bonds. The molecular weight excluding hydrogens is 439 g/mol. The lowest BCUT2D eigenvalue weighted by molar-refractivity contribution is -0.122. The SMILES string of the molecule is CC(=O)c1cc(C(=O)NCc2ccc(F)c(C)c2)nc2ncnn12.C[C@H](CC(C)(C)C)C(N)=O. The Morgan fingerprint density at radius 2 is 1.88 bits per heavy atom. The highest BCUT2D eigenvalue weighted by Crippen LogP contribution is 2.23. The molecule has 3 N–H and O–H groups in total. The normalized spacial score (nSPS) is 12.0. The van der Waals surface area contributed by atoms with Gasteiger partial charge < -0.3 is 11.1 Å². The van der Waals surface area contributed by atoms with Crippen LogP contribution in [0.15, 0.2) is 30.6 Å². The van der Waals surface area contributed by atoms with Crippen LogP contribution in [-0.2, 0) is 11.3 Å². The summed E-state index contributed by atoms with van der Waals surface area (Å²) in [7, 11) is 0. The minimum Gasteiger partial charge on any atom is -0.369 e. The number of Topliss-reactive ketones (excluding diaryl/α,β-unsaturated/α-hetero) is 1. The summed E-state index contributed by atoms with van der Waals surface area (Å²) in [4.78, 5) is 42.6. The quantitative estimate of drug-likeness (QED) is 0.532. The molecular formula is C24H31FN6O3. The van der Waals surface area contributed by atoms with Gasteiger partial charge in [-0.25, -0.2) is 9.37 Å². The number of rotatable bonds is 6. The zero-order valence-corrected chi connectivity index (χ0v) is 20.3. The molecule has 0 unspecified atom stereocenters. The minimum atomic E-state index is -0.454. The van der Waals surface area contributed by atoms with Crippen molar-refractivity contribution in [3.05, 3.63) is 58.9 Å². The second kappa shape index (κ2) is 11.0. The van der Waals surface area contributed by atoms with Gasteiger partial charge in [-0.3, -0.25) is 14.4 Å². The maximum absolute atomic E-state index is 13.3. The number of hydrogen-bond donors (Lipinski definition) is 2. The first-order valence-electron chi connectivity index (χ1n) is 10.8. The molecule has 0 saturated heterocycles. The number of nitrogens with two attached hydrogens (primary N) is 1. The monoisotopic (exact) mass is 470 g/mol. The summed E-state index contributed by atoms with van der Waals surface area (Å²) >= 11 is 0. The molecule has 0 aliphatic carbocycles. The van der Waals surface area contributed by atoms with E-state index in [4.69, 9.17) is 5.73 Å². The summed E-state index contributed by atoms with van der Waals surface area (Å²) in [5.41, 5.74) is 6.86. The fraction of sp³-hybridized carbons (Fsp3) is 0.417. The van der Waals surface area contributed by atoms with Crippen molar-refractivity contribution < 1.29 is 18.8 Å². The highest BCUT2D eigenvalue weighted by Gasteiger charge is 2.18. The van der Waals surface area contributed by atoms with Crippen molar-refractivity contribution in [3.63, 3.8) is 0 Å². The zero-order chi connectivity index (χ0) is 25.6. The summed E-state index contributed by atoms with van der Waals surface area (Å²) in [5, 5.41) is 6.60. The van der Waals surface area contributed by atoms with E-state index in [0.29, 0.717) is 5.56 Å². The number of amides is 2. The zero-order valence-electron chi connectivity index (χ0n) is 20.3. The fourth-order valence-electron chi connectivity index (χ4n) is 3.29. The maximum Gasteiger partial charge on any atom is 0.270 e. The van der Waals surface area contributed by atoms with Gasteiger partial charge in [0.1, 0.15) is 23.5 Å². The van der Waals surface area contributed by atoms with Gasteiger partial charge in [0.25, 0.3) is 11.7 Å². The van der Waals surface area contributed by atoms with E-state index in [9.17, 15) is 18.8 Å². The van der Waals surface area contributed by atoms with Crippen molar-refractivity contribution in [1.29, 1.82) is 0 Å². The van der Waals surface area contributed by atoms with Gasteiger partial charge in [-0.1, -0.05) is 39.8 Å². The smallest absolute Gasteiger partial charge is 0.270 e. The Bertz CT molecular complexity index is 1200. The highest BCUT2D eigenvalue weighted by molar-refractivity contribution is 5.98. The van der Waals surface area contributed by atoms with Crippen LogP contribution in [0.4, 0.5) is 4.39 Å². The lowest BCUT2D eigenvalue weighted by atomic mass is 9.85. The van der Waals surface area contributed by atoms with E-state index in [1.165, 1.54) is 29.9 Å². The molecule has 0 saturated carbocycles. The van der Waals surface area contributed by atoms with Gasteiger partial charge in [-0.2, -0.15) is 14.6 Å². The van der Waals surface area contributed by atoms with Gasteiger partial charge >= 0.3 is 0 Å². The molecule has 10 heteroatoms. The molecule has 0 fully saturated rings. The van der Waals surface area contributed by atoms with Crippen molar-refractivity contribution >= 4 is 23.4 Å². The number of aromatic nitrogens is 4. The van der Waals surface area contributed by atoms with Crippen LogP contribution in [0.1, 0.15) is 73.1 Å². The summed E-state index contributed by atoms with van der Waals surface area (Å²) in [6.45, 7) is 11.4. The molecule has 2 heterocycles. The van der Waals surface area contributed by atoms with Crippen LogP contribution in [0.5, 0.6) is 0 Å². The molecule has 3 aromatic rings. The average Bonchev–Trinajstić information content (AvgIpc) is 3.21. The second-order valence-corrected chi connectivity index (χ2v) is 9.39. The van der Waals surface area contributed by atoms with E-state index in [0.717, 1.165) is 12.0 Å². The van der Waals surface area contributed by atoms with E-state index in [1.54, 1.807) is 19.1 Å². The molecule has 1 aromatic carbocycles. The van der Waals surface area contributed by atoms with Crippen molar-refractivity contribution in [1.82, 2.24) is 24.9 Å². The molecule has 2 aromatic heterocycles. The van der Waals surface area contributed by atoms with Crippen molar-refractivity contribution in [3.8, 4) is 0 Å². The van der Waals surface area contributed by atoms with E-state index in [2.05, 4.69) is 41.2 Å². The highest BCUT2D eigenvalue weighted by atomic mass is 19.1. The second-order valence-electron chi connectivity index (χ2n) is 9.39. The minimum absolute atomic E-state index is 0.000000000000000222. The molecule has 0 radical (unpaired) electrons. The van der Waals surface area contributed by atoms with E-state index in [-0.39, 0.29) is 52.6 Å². The topological polar surface area (TPSA) is 132 Å². The molecule has 34 heavy (non-hydrogen) atoms. The van der Waals surface area contributed by atoms with E-state index in [1.807, 2.05) is 6.92 Å². The first-order chi connectivity index (χ1) is 15.8. The largest absolute Gasteiger partial charge is 0.369 e. The third-order valence-electron chi connectivity index (χ3n) is 4.92. The van der Waals surface area contributed by atoms with Crippen LogP contribution in [0.2, 0.25) is 0 Å². The van der Waals surface area contributed by atoms with Crippen LogP contribution in [0, 0.1) is 24.1 Å². The lowest BCUT2D eigenvalue weighted by Gasteiger charge is -2.20. The third-order valence-corrected chi connectivity index (χ3v) is 4.92. The van der Waals surface area contributed by atoms with Gasteiger partial charge in [0, 0.05) is 19.4 Å². The molecule has 0 aliphatic heterocycles. The van der Waals surface area contributed by atoms with Crippen LogP contribution in [0.3, 0.4) is 0 Å². The van der Waals surface area contributed by atoms with Gasteiger partial charge in [-0.05, 0) is 42.0 Å². The summed E-state index contributed by atoms with van der Waals surface area (Å²) in [6, 6.07) is 5.98. The number of benzene rings is 1. The first-order valence-corrected chi connectivity index (χ1v) is 10.8. The Morgan fingerprint density at radius 3 is 2.41 bits per heavy atom. The van der Waals surface area contributed by atoms with E-state index >= 15 is 0 Å². The molecule has 0 spiro atoms. The summed E-state index contributed by atoms with van der Waals surface area (Å²) in [5.74, 6) is -1.03. The molecule has 182 valence electrons. The third kappa shape index (κ3) is 7.43. The predicted molar refractivity (Wildman–Crippen MR) is 126 cm³/mol. The van der Waals surface area contributed by atoms with Crippen LogP contribution in [0.25, 0.3) is 5.78 Å². The molecule has 3 rings (SSSR count). The number of hydrogen-bond acceptors (Lipinski definition) is 6. The van der Waals surface area contributed by atoms with Crippen LogP contribution >= 0.6 is 0 Å². The number of aryl methyl sites for hydroxylation is 1. The summed E-state index contributed by atoms with van der Waals surface area (Å²) < 4.78 is 14.5. The van der Waals surface area contributed by atoms with Crippen molar-refractivity contribution in [2.75, 3.05) is 0 Å². The number of fused-ring (bicyclic) bond motifs is 1. The number of nitrogens with one attached hydrogen (secondary N) is 1. The number of nitrogens with zero attached hydrogens (tertiary/aromatic N) is 4. The van der Waals surface area contributed by atoms with Gasteiger partial charge in [0.05, 0.1) is 0 Å². The van der Waals surface area contributed by atoms with Gasteiger partial charge in [-0.15, -0.1) is 0 Å². The Labute approximate surface area is 198 Å². The number of ketones is 1. The Hall–Kier alpha value is -3.69. The van der Waals surface area contributed by atoms with Crippen molar-refractivity contribution in [2.24, 2.45) is 17.1 Å². The van der Waals surface area contributed by atoms with Gasteiger partial charge in [0.2, 0.25) is 5.91 Å². The maximum atomic E-state index is 13.3.